The minimum absolute atomic E-state index is 0.266. The van der Waals surface area contributed by atoms with Gasteiger partial charge in [-0.1, -0.05) is 0 Å². The SMILES string of the molecule is Cc1c(OC(F)(F)F)cnc(Br)c1C. The zero-order chi connectivity index (χ0) is 10.9. The van der Waals surface area contributed by atoms with Crippen LogP contribution in [0.5, 0.6) is 5.75 Å². The predicted molar refractivity (Wildman–Crippen MR) is 48.1 cm³/mol. The average molecular weight is 270 g/mol. The van der Waals surface area contributed by atoms with Crippen LogP contribution in [0.25, 0.3) is 0 Å². The van der Waals surface area contributed by atoms with Crippen molar-refractivity contribution in [1.29, 1.82) is 0 Å². The summed E-state index contributed by atoms with van der Waals surface area (Å²) in [7, 11) is 0. The molecule has 0 aliphatic carbocycles. The molecule has 1 heterocycles. The number of alkyl halides is 3. The highest BCUT2D eigenvalue weighted by atomic mass is 79.9. The van der Waals surface area contributed by atoms with E-state index in [4.69, 9.17) is 0 Å². The highest BCUT2D eigenvalue weighted by molar-refractivity contribution is 9.10. The zero-order valence-corrected chi connectivity index (χ0v) is 9.03. The maximum Gasteiger partial charge on any atom is 0.573 e. The molecule has 0 N–H and O–H groups in total. The Hall–Kier alpha value is -0.780. The zero-order valence-electron chi connectivity index (χ0n) is 7.44. The molecule has 0 fully saturated rings. The van der Waals surface area contributed by atoms with Crippen LogP contribution < -0.4 is 4.74 Å². The molecule has 0 radical (unpaired) electrons. The lowest BCUT2D eigenvalue weighted by Gasteiger charge is -2.12. The van der Waals surface area contributed by atoms with Crippen LogP contribution in [-0.4, -0.2) is 11.3 Å². The summed E-state index contributed by atoms with van der Waals surface area (Å²) < 4.78 is 40.0. The monoisotopic (exact) mass is 269 g/mol. The first kappa shape index (κ1) is 11.3. The smallest absolute Gasteiger partial charge is 0.404 e. The first-order chi connectivity index (χ1) is 6.31. The van der Waals surface area contributed by atoms with Gasteiger partial charge in [0.15, 0.2) is 5.75 Å². The van der Waals surface area contributed by atoms with Gasteiger partial charge in [0.25, 0.3) is 0 Å². The summed E-state index contributed by atoms with van der Waals surface area (Å²) in [5.74, 6) is -0.266. The van der Waals surface area contributed by atoms with Crippen molar-refractivity contribution in [1.82, 2.24) is 4.98 Å². The molecule has 0 atom stereocenters. The lowest BCUT2D eigenvalue weighted by molar-refractivity contribution is -0.275. The van der Waals surface area contributed by atoms with Gasteiger partial charge in [0.1, 0.15) is 4.60 Å². The predicted octanol–water partition coefficient (Wildman–Crippen LogP) is 3.36. The van der Waals surface area contributed by atoms with Crippen LogP contribution >= 0.6 is 15.9 Å². The number of nitrogens with zero attached hydrogens (tertiary/aromatic N) is 1. The van der Waals surface area contributed by atoms with Gasteiger partial charge in [-0.05, 0) is 40.9 Å². The van der Waals surface area contributed by atoms with Gasteiger partial charge in [0, 0.05) is 0 Å². The Balaban J connectivity index is 3.06. The second kappa shape index (κ2) is 3.76. The molecule has 2 nitrogen and oxygen atoms in total. The molecule has 0 saturated heterocycles. The van der Waals surface area contributed by atoms with Crippen molar-refractivity contribution in [3.05, 3.63) is 21.9 Å². The molecule has 78 valence electrons. The number of hydrogen-bond donors (Lipinski definition) is 0. The number of hydrogen-bond acceptors (Lipinski definition) is 2. The van der Waals surface area contributed by atoms with Crippen molar-refractivity contribution >= 4 is 15.9 Å². The van der Waals surface area contributed by atoms with E-state index in [2.05, 4.69) is 25.7 Å². The van der Waals surface area contributed by atoms with E-state index < -0.39 is 6.36 Å². The molecule has 0 bridgehead atoms. The molecule has 6 heteroatoms. The van der Waals surface area contributed by atoms with Gasteiger partial charge >= 0.3 is 6.36 Å². The van der Waals surface area contributed by atoms with E-state index in [9.17, 15) is 13.2 Å². The molecule has 0 amide bonds. The van der Waals surface area contributed by atoms with Gasteiger partial charge in [0.2, 0.25) is 0 Å². The summed E-state index contributed by atoms with van der Waals surface area (Å²) in [5, 5.41) is 0. The fraction of sp³-hybridized carbons (Fsp3) is 0.375. The van der Waals surface area contributed by atoms with E-state index in [1.54, 1.807) is 13.8 Å². The number of halogens is 4. The highest BCUT2D eigenvalue weighted by Crippen LogP contribution is 2.29. The normalized spacial score (nSPS) is 11.6. The Labute approximate surface area is 87.2 Å². The van der Waals surface area contributed by atoms with Gasteiger partial charge in [-0.3, -0.25) is 0 Å². The maximum absolute atomic E-state index is 11.9. The minimum atomic E-state index is -4.67. The molecule has 14 heavy (non-hydrogen) atoms. The van der Waals surface area contributed by atoms with E-state index in [0.29, 0.717) is 15.7 Å². The molecule has 0 spiro atoms. The summed E-state index contributed by atoms with van der Waals surface area (Å²) in [4.78, 5) is 3.72. The first-order valence-electron chi connectivity index (χ1n) is 3.68. The van der Waals surface area contributed by atoms with E-state index in [1.807, 2.05) is 0 Å². The van der Waals surface area contributed by atoms with Crippen molar-refractivity contribution in [3.8, 4) is 5.75 Å². The van der Waals surface area contributed by atoms with Crippen molar-refractivity contribution in [3.63, 3.8) is 0 Å². The molecule has 0 aromatic carbocycles. The molecule has 0 saturated carbocycles. The Bertz CT molecular complexity index is 351. The third-order valence-corrected chi connectivity index (χ3v) is 2.56. The molecule has 1 aromatic rings. The van der Waals surface area contributed by atoms with Gasteiger partial charge in [-0.2, -0.15) is 0 Å². The molecule has 1 aromatic heterocycles. The third kappa shape index (κ3) is 2.60. The summed E-state index contributed by atoms with van der Waals surface area (Å²) in [6.45, 7) is 3.21. The van der Waals surface area contributed by atoms with Crippen LogP contribution in [0.4, 0.5) is 13.2 Å². The van der Waals surface area contributed by atoms with Crippen molar-refractivity contribution in [2.75, 3.05) is 0 Å². The summed E-state index contributed by atoms with van der Waals surface area (Å²) in [6, 6.07) is 0. The van der Waals surface area contributed by atoms with Gasteiger partial charge < -0.3 is 4.74 Å². The van der Waals surface area contributed by atoms with E-state index in [-0.39, 0.29) is 5.75 Å². The molecule has 0 aliphatic rings. The summed E-state index contributed by atoms with van der Waals surface area (Å²) in [5.41, 5.74) is 1.05. The van der Waals surface area contributed by atoms with Crippen LogP contribution in [0.2, 0.25) is 0 Å². The molecular formula is C8H7BrF3NO. The lowest BCUT2D eigenvalue weighted by atomic mass is 10.2. The van der Waals surface area contributed by atoms with Crippen molar-refractivity contribution < 1.29 is 17.9 Å². The van der Waals surface area contributed by atoms with Crippen LogP contribution in [-0.2, 0) is 0 Å². The average Bonchev–Trinajstić information content (AvgIpc) is 2.04. The van der Waals surface area contributed by atoms with Gasteiger partial charge in [-0.15, -0.1) is 13.2 Å². The molecule has 0 unspecified atom stereocenters. The van der Waals surface area contributed by atoms with Gasteiger partial charge in [-0.25, -0.2) is 4.98 Å². The fourth-order valence-corrected chi connectivity index (χ4v) is 1.28. The Morgan fingerprint density at radius 1 is 1.29 bits per heavy atom. The van der Waals surface area contributed by atoms with Crippen molar-refractivity contribution in [2.24, 2.45) is 0 Å². The second-order valence-corrected chi connectivity index (χ2v) is 3.46. The number of pyridine rings is 1. The van der Waals surface area contributed by atoms with E-state index >= 15 is 0 Å². The van der Waals surface area contributed by atoms with Crippen LogP contribution in [0.1, 0.15) is 11.1 Å². The fourth-order valence-electron chi connectivity index (χ4n) is 0.876. The second-order valence-electron chi connectivity index (χ2n) is 2.71. The van der Waals surface area contributed by atoms with E-state index in [0.717, 1.165) is 6.20 Å². The highest BCUT2D eigenvalue weighted by Gasteiger charge is 2.32. The maximum atomic E-state index is 11.9. The largest absolute Gasteiger partial charge is 0.573 e. The summed E-state index contributed by atoms with van der Waals surface area (Å²) in [6.07, 6.45) is -3.63. The minimum Gasteiger partial charge on any atom is -0.404 e. The number of ether oxygens (including phenoxy) is 1. The Kier molecular flexibility index (Phi) is 3.04. The lowest BCUT2D eigenvalue weighted by Crippen LogP contribution is -2.18. The van der Waals surface area contributed by atoms with E-state index in [1.165, 1.54) is 0 Å². The van der Waals surface area contributed by atoms with Crippen LogP contribution in [0, 0.1) is 13.8 Å². The number of rotatable bonds is 1. The Morgan fingerprint density at radius 3 is 2.36 bits per heavy atom. The third-order valence-electron chi connectivity index (χ3n) is 1.76. The van der Waals surface area contributed by atoms with Crippen molar-refractivity contribution in [2.45, 2.75) is 20.2 Å². The van der Waals surface area contributed by atoms with Crippen LogP contribution in [0.3, 0.4) is 0 Å². The number of aromatic nitrogens is 1. The standard InChI is InChI=1S/C8H7BrF3NO/c1-4-5(2)7(9)13-3-6(4)14-8(10,11)12/h3H,1-2H3. The molecule has 1 rings (SSSR count). The summed E-state index contributed by atoms with van der Waals surface area (Å²) >= 11 is 3.11. The molecule has 0 aliphatic heterocycles. The van der Waals surface area contributed by atoms with Gasteiger partial charge in [0.05, 0.1) is 6.20 Å². The molecular weight excluding hydrogens is 263 g/mol. The van der Waals surface area contributed by atoms with Crippen LogP contribution in [0.15, 0.2) is 10.8 Å². The topological polar surface area (TPSA) is 22.1 Å². The first-order valence-corrected chi connectivity index (χ1v) is 4.48. The quantitative estimate of drug-likeness (QED) is 0.730. The Morgan fingerprint density at radius 2 is 1.86 bits per heavy atom.